The molecule has 0 saturated heterocycles. The summed E-state index contributed by atoms with van der Waals surface area (Å²) in [4.78, 5) is 20.2. The van der Waals surface area contributed by atoms with Gasteiger partial charge in [-0.05, 0) is 30.7 Å². The van der Waals surface area contributed by atoms with Crippen LogP contribution in [0.1, 0.15) is 18.3 Å². The van der Waals surface area contributed by atoms with Crippen LogP contribution in [0.25, 0.3) is 21.9 Å². The van der Waals surface area contributed by atoms with Crippen LogP contribution in [0.15, 0.2) is 54.7 Å². The molecule has 2 N–H and O–H groups in total. The van der Waals surface area contributed by atoms with Crippen molar-refractivity contribution in [3.05, 3.63) is 66.1 Å². The van der Waals surface area contributed by atoms with Gasteiger partial charge in [0.2, 0.25) is 5.91 Å². The second kappa shape index (κ2) is 7.04. The molecule has 0 fully saturated rings. The summed E-state index contributed by atoms with van der Waals surface area (Å²) in [5, 5.41) is 4.16. The molecule has 0 saturated carbocycles. The summed E-state index contributed by atoms with van der Waals surface area (Å²) in [6, 6.07) is 16.2. The number of nitrogens with one attached hydrogen (secondary N) is 2. The zero-order valence-electron chi connectivity index (χ0n) is 14.8. The van der Waals surface area contributed by atoms with Crippen molar-refractivity contribution in [1.29, 1.82) is 0 Å². The average Bonchev–Trinajstić information content (AvgIpc) is 3.23. The van der Waals surface area contributed by atoms with Gasteiger partial charge in [-0.25, -0.2) is 4.98 Å². The van der Waals surface area contributed by atoms with Crippen LogP contribution in [0.5, 0.6) is 0 Å². The van der Waals surface area contributed by atoms with Crippen molar-refractivity contribution < 1.29 is 4.79 Å². The first-order valence-corrected chi connectivity index (χ1v) is 9.01. The van der Waals surface area contributed by atoms with E-state index in [-0.39, 0.29) is 5.91 Å². The maximum absolute atomic E-state index is 12.4. The van der Waals surface area contributed by atoms with Crippen LogP contribution in [0.3, 0.4) is 0 Å². The second-order valence-corrected chi connectivity index (χ2v) is 6.43. The summed E-state index contributed by atoms with van der Waals surface area (Å²) in [5.74, 6) is 0.939. The first-order chi connectivity index (χ1) is 12.7. The maximum Gasteiger partial charge on any atom is 0.224 e. The van der Waals surface area contributed by atoms with E-state index in [1.807, 2.05) is 36.4 Å². The van der Waals surface area contributed by atoms with Crippen LogP contribution in [0.4, 0.5) is 0 Å². The van der Waals surface area contributed by atoms with E-state index in [4.69, 9.17) is 0 Å². The number of imidazole rings is 1. The van der Waals surface area contributed by atoms with Gasteiger partial charge in [-0.2, -0.15) is 0 Å². The number of fused-ring (bicyclic) bond motifs is 2. The average molecular weight is 346 g/mol. The highest BCUT2D eigenvalue weighted by Crippen LogP contribution is 2.21. The molecule has 0 aliphatic heterocycles. The van der Waals surface area contributed by atoms with Gasteiger partial charge < -0.3 is 14.9 Å². The Balaban J connectivity index is 1.38. The molecule has 4 rings (SSSR count). The third-order valence-corrected chi connectivity index (χ3v) is 4.69. The largest absolute Gasteiger partial charge is 0.355 e. The number of carbonyl (C=O) groups is 1. The van der Waals surface area contributed by atoms with Crippen LogP contribution in [0.2, 0.25) is 0 Å². The number of hydrogen-bond acceptors (Lipinski definition) is 2. The van der Waals surface area contributed by atoms with E-state index in [0.29, 0.717) is 19.4 Å². The lowest BCUT2D eigenvalue weighted by Crippen LogP contribution is -2.27. The quantitative estimate of drug-likeness (QED) is 0.562. The van der Waals surface area contributed by atoms with Crippen molar-refractivity contribution in [2.75, 3.05) is 6.54 Å². The first kappa shape index (κ1) is 16.4. The number of amides is 1. The Morgan fingerprint density at radius 1 is 1.15 bits per heavy atom. The van der Waals surface area contributed by atoms with Gasteiger partial charge in [-0.3, -0.25) is 4.79 Å². The number of rotatable bonds is 6. The van der Waals surface area contributed by atoms with Crippen molar-refractivity contribution in [1.82, 2.24) is 19.9 Å². The number of H-pyrrole nitrogens is 1. The lowest BCUT2D eigenvalue weighted by Gasteiger charge is -2.03. The molecule has 5 heteroatoms. The molecule has 0 bridgehead atoms. The zero-order valence-corrected chi connectivity index (χ0v) is 14.8. The molecule has 5 nitrogen and oxygen atoms in total. The van der Waals surface area contributed by atoms with Gasteiger partial charge in [0.25, 0.3) is 0 Å². The highest BCUT2D eigenvalue weighted by atomic mass is 16.1. The number of benzene rings is 2. The lowest BCUT2D eigenvalue weighted by molar-refractivity contribution is -0.120. The molecular weight excluding hydrogens is 324 g/mol. The van der Waals surface area contributed by atoms with Crippen molar-refractivity contribution in [2.45, 2.75) is 26.3 Å². The van der Waals surface area contributed by atoms with Crippen molar-refractivity contribution in [3.8, 4) is 0 Å². The number of para-hydroxylation sites is 3. The van der Waals surface area contributed by atoms with E-state index in [0.717, 1.165) is 34.4 Å². The highest BCUT2D eigenvalue weighted by molar-refractivity contribution is 5.89. The number of aromatic amines is 1. The summed E-state index contributed by atoms with van der Waals surface area (Å²) in [5.41, 5.74) is 4.24. The Morgan fingerprint density at radius 3 is 2.81 bits per heavy atom. The molecule has 132 valence electrons. The Kier molecular flexibility index (Phi) is 4.44. The molecule has 2 aromatic carbocycles. The minimum absolute atomic E-state index is 0.0418. The van der Waals surface area contributed by atoms with E-state index >= 15 is 0 Å². The molecule has 0 spiro atoms. The van der Waals surface area contributed by atoms with Gasteiger partial charge in [0, 0.05) is 36.6 Å². The fourth-order valence-corrected chi connectivity index (χ4v) is 3.41. The van der Waals surface area contributed by atoms with Gasteiger partial charge in [-0.1, -0.05) is 30.3 Å². The normalized spacial score (nSPS) is 11.3. The smallest absolute Gasteiger partial charge is 0.224 e. The third kappa shape index (κ3) is 3.20. The van der Waals surface area contributed by atoms with Crippen LogP contribution < -0.4 is 5.32 Å². The third-order valence-electron chi connectivity index (χ3n) is 4.69. The minimum atomic E-state index is 0.0418. The Morgan fingerprint density at radius 2 is 1.96 bits per heavy atom. The molecule has 0 unspecified atom stereocenters. The minimum Gasteiger partial charge on any atom is -0.355 e. The molecule has 0 aliphatic rings. The van der Waals surface area contributed by atoms with E-state index < -0.39 is 0 Å². The van der Waals surface area contributed by atoms with E-state index in [1.54, 1.807) is 0 Å². The van der Waals surface area contributed by atoms with Crippen LogP contribution in [0, 0.1) is 0 Å². The Hall–Kier alpha value is -3.08. The number of hydrogen-bond donors (Lipinski definition) is 2. The summed E-state index contributed by atoms with van der Waals surface area (Å²) < 4.78 is 2.19. The Bertz CT molecular complexity index is 1030. The summed E-state index contributed by atoms with van der Waals surface area (Å²) >= 11 is 0. The van der Waals surface area contributed by atoms with Gasteiger partial charge in [0.1, 0.15) is 5.82 Å². The van der Waals surface area contributed by atoms with E-state index in [1.165, 1.54) is 5.52 Å². The van der Waals surface area contributed by atoms with E-state index in [2.05, 4.69) is 45.1 Å². The molecular formula is C21H22N4O. The Labute approximate surface area is 152 Å². The van der Waals surface area contributed by atoms with Crippen molar-refractivity contribution >= 4 is 27.8 Å². The predicted molar refractivity (Wildman–Crippen MR) is 104 cm³/mol. The van der Waals surface area contributed by atoms with Crippen LogP contribution in [-0.2, 0) is 24.2 Å². The first-order valence-electron chi connectivity index (χ1n) is 9.01. The van der Waals surface area contributed by atoms with Crippen LogP contribution in [-0.4, -0.2) is 27.0 Å². The number of aromatic nitrogens is 3. The number of nitrogens with zero attached hydrogens (tertiary/aromatic N) is 2. The number of carbonyl (C=O) groups excluding carboxylic acids is 1. The summed E-state index contributed by atoms with van der Waals surface area (Å²) in [6.45, 7) is 3.59. The standard InChI is InChI=1S/C21H22N4O/c1-2-25-14-15(16-7-3-6-10-19(16)25)13-21(26)22-12-11-20-23-17-8-4-5-9-18(17)24-20/h3-10,14H,2,11-13H2,1H3,(H,22,26)(H,23,24). The van der Waals surface area contributed by atoms with Gasteiger partial charge >= 0.3 is 0 Å². The zero-order chi connectivity index (χ0) is 17.9. The van der Waals surface area contributed by atoms with Gasteiger partial charge in [0.15, 0.2) is 0 Å². The SMILES string of the molecule is CCn1cc(CC(=O)NCCc2nc3ccccc3[nH]2)c2ccccc21. The van der Waals surface area contributed by atoms with Gasteiger partial charge in [-0.15, -0.1) is 0 Å². The molecule has 26 heavy (non-hydrogen) atoms. The summed E-state index contributed by atoms with van der Waals surface area (Å²) in [7, 11) is 0. The number of aryl methyl sites for hydroxylation is 1. The van der Waals surface area contributed by atoms with E-state index in [9.17, 15) is 4.79 Å². The fourth-order valence-electron chi connectivity index (χ4n) is 3.41. The molecule has 2 aromatic heterocycles. The van der Waals surface area contributed by atoms with Crippen molar-refractivity contribution in [2.24, 2.45) is 0 Å². The second-order valence-electron chi connectivity index (χ2n) is 6.43. The molecule has 2 heterocycles. The van der Waals surface area contributed by atoms with Gasteiger partial charge in [0.05, 0.1) is 17.5 Å². The fraction of sp³-hybridized carbons (Fsp3) is 0.238. The predicted octanol–water partition coefficient (Wildman–Crippen LogP) is 3.44. The molecule has 0 atom stereocenters. The van der Waals surface area contributed by atoms with Crippen molar-refractivity contribution in [3.63, 3.8) is 0 Å². The molecule has 0 radical (unpaired) electrons. The summed E-state index contributed by atoms with van der Waals surface area (Å²) in [6.07, 6.45) is 3.17. The topological polar surface area (TPSA) is 62.7 Å². The molecule has 1 amide bonds. The maximum atomic E-state index is 12.4. The molecule has 4 aromatic rings. The highest BCUT2D eigenvalue weighted by Gasteiger charge is 2.11. The lowest BCUT2D eigenvalue weighted by atomic mass is 10.1. The monoisotopic (exact) mass is 346 g/mol. The molecule has 0 aliphatic carbocycles. The van der Waals surface area contributed by atoms with Crippen LogP contribution >= 0.6 is 0 Å².